The van der Waals surface area contributed by atoms with E-state index in [9.17, 15) is 14.4 Å². The first-order valence-electron chi connectivity index (χ1n) is 6.93. The van der Waals surface area contributed by atoms with E-state index in [4.69, 9.17) is 5.26 Å². The number of hydrogen-bond acceptors (Lipinski definition) is 4. The maximum absolute atomic E-state index is 11.8. The molecule has 6 nitrogen and oxygen atoms in total. The molecule has 0 unspecified atom stereocenters. The molecule has 1 saturated heterocycles. The van der Waals surface area contributed by atoms with E-state index in [1.54, 1.807) is 4.90 Å². The summed E-state index contributed by atoms with van der Waals surface area (Å²) in [4.78, 5) is 35.6. The lowest BCUT2D eigenvalue weighted by atomic mass is 9.96. The zero-order chi connectivity index (χ0) is 15.0. The molecule has 0 aliphatic carbocycles. The lowest BCUT2D eigenvalue weighted by molar-refractivity contribution is -0.134. The van der Waals surface area contributed by atoms with Crippen molar-refractivity contribution < 1.29 is 14.4 Å². The van der Waals surface area contributed by atoms with Crippen LogP contribution < -0.4 is 5.32 Å². The largest absolute Gasteiger partial charge is 0.355 e. The van der Waals surface area contributed by atoms with Gasteiger partial charge >= 0.3 is 0 Å². The Hall–Kier alpha value is -1.90. The second-order valence-corrected chi connectivity index (χ2v) is 5.17. The zero-order valence-electron chi connectivity index (χ0n) is 11.9. The van der Waals surface area contributed by atoms with Crippen LogP contribution in [0.25, 0.3) is 0 Å². The first-order valence-corrected chi connectivity index (χ1v) is 6.93. The number of nitrogens with one attached hydrogen (secondary N) is 1. The Morgan fingerprint density at radius 1 is 1.25 bits per heavy atom. The Balaban J connectivity index is 2.22. The summed E-state index contributed by atoms with van der Waals surface area (Å²) in [6.45, 7) is 3.41. The molecule has 1 aliphatic rings. The van der Waals surface area contributed by atoms with Gasteiger partial charge in [-0.2, -0.15) is 5.26 Å². The van der Waals surface area contributed by atoms with Gasteiger partial charge in [-0.25, -0.2) is 0 Å². The van der Waals surface area contributed by atoms with Gasteiger partial charge in [0.1, 0.15) is 12.2 Å². The molecule has 1 rings (SSSR count). The summed E-state index contributed by atoms with van der Waals surface area (Å²) in [7, 11) is 0. The van der Waals surface area contributed by atoms with Gasteiger partial charge in [0, 0.05) is 32.5 Å². The third-order valence-electron chi connectivity index (χ3n) is 3.49. The van der Waals surface area contributed by atoms with E-state index < -0.39 is 0 Å². The van der Waals surface area contributed by atoms with Crippen LogP contribution >= 0.6 is 0 Å². The number of hydrogen-bond donors (Lipinski definition) is 1. The SMILES string of the molecule is CC(=O)CCC(=O)N1CCC(CNC(=O)CC#N)CC1. The highest BCUT2D eigenvalue weighted by Crippen LogP contribution is 2.17. The second kappa shape index (κ2) is 8.31. The quantitative estimate of drug-likeness (QED) is 0.772. The minimum atomic E-state index is -0.243. The van der Waals surface area contributed by atoms with Gasteiger partial charge in [0.15, 0.2) is 0 Å². The number of rotatable bonds is 6. The molecule has 0 saturated carbocycles. The molecule has 0 spiro atoms. The minimum Gasteiger partial charge on any atom is -0.355 e. The summed E-state index contributed by atoms with van der Waals surface area (Å²) in [5.41, 5.74) is 0. The summed E-state index contributed by atoms with van der Waals surface area (Å²) in [5.74, 6) is 0.183. The van der Waals surface area contributed by atoms with Crippen molar-refractivity contribution in [2.75, 3.05) is 19.6 Å². The molecular formula is C14H21N3O3. The van der Waals surface area contributed by atoms with Gasteiger partial charge in [-0.1, -0.05) is 0 Å². The number of carbonyl (C=O) groups excluding carboxylic acids is 3. The Morgan fingerprint density at radius 3 is 2.45 bits per heavy atom. The average molecular weight is 279 g/mol. The molecule has 0 radical (unpaired) electrons. The van der Waals surface area contributed by atoms with Crippen molar-refractivity contribution in [3.63, 3.8) is 0 Å². The predicted octanol–water partition coefficient (Wildman–Crippen LogP) is 0.624. The van der Waals surface area contributed by atoms with Crippen molar-refractivity contribution in [1.82, 2.24) is 10.2 Å². The Kier molecular flexibility index (Phi) is 6.71. The van der Waals surface area contributed by atoms with Crippen LogP contribution in [-0.2, 0) is 14.4 Å². The molecule has 20 heavy (non-hydrogen) atoms. The molecule has 2 amide bonds. The summed E-state index contributed by atoms with van der Waals surface area (Å²) < 4.78 is 0. The maximum atomic E-state index is 11.8. The first-order chi connectivity index (χ1) is 9.52. The number of nitriles is 1. The van der Waals surface area contributed by atoms with Crippen molar-refractivity contribution in [1.29, 1.82) is 5.26 Å². The highest BCUT2D eigenvalue weighted by Gasteiger charge is 2.22. The molecule has 6 heteroatoms. The van der Waals surface area contributed by atoms with Crippen LogP contribution in [0.4, 0.5) is 0 Å². The summed E-state index contributed by atoms with van der Waals surface area (Å²) in [5, 5.41) is 11.1. The van der Waals surface area contributed by atoms with Crippen LogP contribution in [-0.4, -0.2) is 42.1 Å². The highest BCUT2D eigenvalue weighted by molar-refractivity contribution is 5.83. The Bertz CT molecular complexity index is 406. The van der Waals surface area contributed by atoms with Crippen LogP contribution in [0.1, 0.15) is 39.0 Å². The molecule has 0 aromatic heterocycles. The Morgan fingerprint density at radius 2 is 1.90 bits per heavy atom. The monoisotopic (exact) mass is 279 g/mol. The first kappa shape index (κ1) is 16.2. The molecule has 110 valence electrons. The number of carbonyl (C=O) groups is 3. The smallest absolute Gasteiger partial charge is 0.234 e. The summed E-state index contributed by atoms with van der Waals surface area (Å²) in [6.07, 6.45) is 2.18. The lowest BCUT2D eigenvalue weighted by Crippen LogP contribution is -2.41. The van der Waals surface area contributed by atoms with Gasteiger partial charge in [0.2, 0.25) is 11.8 Å². The zero-order valence-corrected chi connectivity index (χ0v) is 11.9. The van der Waals surface area contributed by atoms with Crippen LogP contribution in [0.5, 0.6) is 0 Å². The topological polar surface area (TPSA) is 90.3 Å². The standard InChI is InChI=1S/C14H21N3O3/c1-11(18)2-3-14(20)17-8-5-12(6-9-17)10-16-13(19)4-7-15/h12H,2-6,8-10H2,1H3,(H,16,19). The van der Waals surface area contributed by atoms with Gasteiger partial charge in [-0.3, -0.25) is 9.59 Å². The second-order valence-electron chi connectivity index (χ2n) is 5.17. The number of ketones is 1. The molecule has 0 aromatic carbocycles. The fourth-order valence-electron chi connectivity index (χ4n) is 2.22. The lowest BCUT2D eigenvalue weighted by Gasteiger charge is -2.32. The van der Waals surface area contributed by atoms with E-state index in [0.29, 0.717) is 38.4 Å². The van der Waals surface area contributed by atoms with E-state index in [1.165, 1.54) is 6.92 Å². The Labute approximate surface area is 119 Å². The van der Waals surface area contributed by atoms with Crippen LogP contribution in [0.3, 0.4) is 0 Å². The van der Waals surface area contributed by atoms with E-state index in [1.807, 2.05) is 6.07 Å². The van der Waals surface area contributed by atoms with Crippen molar-refractivity contribution in [3.05, 3.63) is 0 Å². The molecule has 1 N–H and O–H groups in total. The molecule has 1 fully saturated rings. The predicted molar refractivity (Wildman–Crippen MR) is 72.5 cm³/mol. The fourth-order valence-corrected chi connectivity index (χ4v) is 2.22. The maximum Gasteiger partial charge on any atom is 0.234 e. The molecule has 0 aromatic rings. The van der Waals surface area contributed by atoms with Crippen molar-refractivity contribution >= 4 is 17.6 Å². The third-order valence-corrected chi connectivity index (χ3v) is 3.49. The third kappa shape index (κ3) is 5.83. The van der Waals surface area contributed by atoms with E-state index in [0.717, 1.165) is 12.8 Å². The van der Waals surface area contributed by atoms with Gasteiger partial charge < -0.3 is 15.0 Å². The van der Waals surface area contributed by atoms with Crippen molar-refractivity contribution in [2.24, 2.45) is 5.92 Å². The van der Waals surface area contributed by atoms with E-state index in [2.05, 4.69) is 5.32 Å². The number of nitrogens with zero attached hydrogens (tertiary/aromatic N) is 2. The van der Waals surface area contributed by atoms with Gasteiger partial charge in [-0.15, -0.1) is 0 Å². The highest BCUT2D eigenvalue weighted by atomic mass is 16.2. The van der Waals surface area contributed by atoms with Crippen molar-refractivity contribution in [3.8, 4) is 6.07 Å². The van der Waals surface area contributed by atoms with Crippen LogP contribution in [0, 0.1) is 17.2 Å². The van der Waals surface area contributed by atoms with Crippen LogP contribution in [0.15, 0.2) is 0 Å². The summed E-state index contributed by atoms with van der Waals surface area (Å²) in [6, 6.07) is 1.81. The number of likely N-dealkylation sites (tertiary alicyclic amines) is 1. The number of piperidine rings is 1. The van der Waals surface area contributed by atoms with Crippen molar-refractivity contribution in [2.45, 2.75) is 39.0 Å². The van der Waals surface area contributed by atoms with E-state index in [-0.39, 0.29) is 24.0 Å². The van der Waals surface area contributed by atoms with Crippen LogP contribution in [0.2, 0.25) is 0 Å². The molecule has 1 heterocycles. The minimum absolute atomic E-state index is 0.0344. The molecular weight excluding hydrogens is 258 g/mol. The average Bonchev–Trinajstić information content (AvgIpc) is 2.43. The molecule has 0 bridgehead atoms. The fraction of sp³-hybridized carbons (Fsp3) is 0.714. The number of Topliss-reactive ketones (excluding diaryl/α,β-unsaturated/α-hetero) is 1. The van der Waals surface area contributed by atoms with Gasteiger partial charge in [0.05, 0.1) is 6.07 Å². The molecule has 1 aliphatic heterocycles. The van der Waals surface area contributed by atoms with E-state index >= 15 is 0 Å². The summed E-state index contributed by atoms with van der Waals surface area (Å²) >= 11 is 0. The number of amides is 2. The van der Waals surface area contributed by atoms with Gasteiger partial charge in [-0.05, 0) is 25.7 Å². The normalized spacial score (nSPS) is 15.5. The van der Waals surface area contributed by atoms with Gasteiger partial charge in [0.25, 0.3) is 0 Å². The molecule has 0 atom stereocenters.